The van der Waals surface area contributed by atoms with E-state index in [2.05, 4.69) is 39.1 Å². The van der Waals surface area contributed by atoms with Crippen LogP contribution in [0.5, 0.6) is 0 Å². The topological polar surface area (TPSA) is 76.1 Å². The Hall–Kier alpha value is -3.32. The fraction of sp³-hybridized carbons (Fsp3) is 0.333. The van der Waals surface area contributed by atoms with Gasteiger partial charge in [-0.15, -0.1) is 0 Å². The van der Waals surface area contributed by atoms with Crippen molar-refractivity contribution in [1.82, 2.24) is 20.0 Å². The zero-order valence-electron chi connectivity index (χ0n) is 16.9. The molecule has 1 fully saturated rings. The molecule has 1 aliphatic heterocycles. The number of nitrogens with one attached hydrogen (secondary N) is 1. The molecule has 152 valence electrons. The van der Waals surface area contributed by atoms with Crippen LogP contribution < -0.4 is 5.32 Å². The molecule has 2 aromatic heterocycles. The number of rotatable bonds is 4. The van der Waals surface area contributed by atoms with Crippen LogP contribution in [0.3, 0.4) is 0 Å². The molecule has 2 N–H and O–H groups in total. The minimum absolute atomic E-state index is 0.461. The molecule has 1 aromatic carbocycles. The molecule has 6 heteroatoms. The molecule has 1 saturated heterocycles. The molecule has 30 heavy (non-hydrogen) atoms. The van der Waals surface area contributed by atoms with Crippen LogP contribution >= 0.6 is 0 Å². The Balaban J connectivity index is 1.39. The maximum absolute atomic E-state index is 9.78. The third-order valence-corrected chi connectivity index (χ3v) is 5.07. The minimum atomic E-state index is -0.635. The summed E-state index contributed by atoms with van der Waals surface area (Å²) < 4.78 is 7.35. The van der Waals surface area contributed by atoms with Crippen LogP contribution in [0, 0.1) is 29.6 Å². The molecular weight excluding hydrogens is 376 g/mol. The van der Waals surface area contributed by atoms with Gasteiger partial charge in [-0.05, 0) is 69.0 Å². The predicted octanol–water partition coefficient (Wildman–Crippen LogP) is 2.99. The molecule has 0 saturated carbocycles. The molecule has 0 aliphatic carbocycles. The smallest absolute Gasteiger partial charge is 0.167 e. The molecular formula is C24H24N4O2. The predicted molar refractivity (Wildman–Crippen MR) is 114 cm³/mol. The number of hydrogen-bond acceptors (Lipinski definition) is 5. The number of nitrogens with zero attached hydrogens (tertiary/aromatic N) is 3. The number of aliphatic hydroxyl groups is 1. The third-order valence-electron chi connectivity index (χ3n) is 5.07. The quantitative estimate of drug-likeness (QED) is 0.659. The maximum atomic E-state index is 9.78. The second kappa shape index (κ2) is 9.45. The van der Waals surface area contributed by atoms with Crippen molar-refractivity contribution >= 4 is 0 Å². The number of hydrogen-bond donors (Lipinski definition) is 2. The van der Waals surface area contributed by atoms with E-state index in [0.717, 1.165) is 42.8 Å². The molecule has 1 aliphatic rings. The van der Waals surface area contributed by atoms with Crippen LogP contribution in [0.4, 0.5) is 0 Å². The fourth-order valence-corrected chi connectivity index (χ4v) is 3.44. The lowest BCUT2D eigenvalue weighted by atomic mass is 9.99. The summed E-state index contributed by atoms with van der Waals surface area (Å²) in [6.07, 6.45) is 5.05. The van der Waals surface area contributed by atoms with E-state index < -0.39 is 6.10 Å². The van der Waals surface area contributed by atoms with E-state index in [1.165, 1.54) is 0 Å². The molecule has 3 aromatic rings. The first-order valence-corrected chi connectivity index (χ1v) is 10.2. The summed E-state index contributed by atoms with van der Waals surface area (Å²) >= 11 is 0. The summed E-state index contributed by atoms with van der Waals surface area (Å²) in [6, 6.07) is 9.74. The van der Waals surface area contributed by atoms with Crippen LogP contribution in [0.1, 0.15) is 43.0 Å². The van der Waals surface area contributed by atoms with Crippen LogP contribution in [-0.4, -0.2) is 32.9 Å². The Morgan fingerprint density at radius 1 is 1.23 bits per heavy atom. The molecule has 0 unspecified atom stereocenters. The first kappa shape index (κ1) is 20.0. The number of piperidine rings is 1. The first-order valence-electron chi connectivity index (χ1n) is 10.2. The SMILES string of the molecule is C[C@H](O)c1nccn1Cc1cc(-c2ccc(C#CC#CC3CCNCC3)cc2)on1. The molecule has 0 amide bonds. The second-order valence-corrected chi connectivity index (χ2v) is 7.39. The number of aromatic nitrogens is 3. The Morgan fingerprint density at radius 3 is 2.80 bits per heavy atom. The highest BCUT2D eigenvalue weighted by molar-refractivity contribution is 5.59. The van der Waals surface area contributed by atoms with Gasteiger partial charge in [0.15, 0.2) is 5.76 Å². The summed E-state index contributed by atoms with van der Waals surface area (Å²) in [5.74, 6) is 14.0. The van der Waals surface area contributed by atoms with E-state index in [0.29, 0.717) is 24.0 Å². The van der Waals surface area contributed by atoms with Crippen molar-refractivity contribution in [3.8, 4) is 35.0 Å². The summed E-state index contributed by atoms with van der Waals surface area (Å²) in [7, 11) is 0. The molecule has 0 spiro atoms. The molecule has 1 atom stereocenters. The molecule has 0 bridgehead atoms. The summed E-state index contributed by atoms with van der Waals surface area (Å²) in [5, 5.41) is 17.3. The second-order valence-electron chi connectivity index (χ2n) is 7.39. The van der Waals surface area contributed by atoms with Gasteiger partial charge >= 0.3 is 0 Å². The molecule has 0 radical (unpaired) electrons. The van der Waals surface area contributed by atoms with Gasteiger partial charge in [0, 0.05) is 35.5 Å². The Bertz CT molecular complexity index is 1100. The number of imidazole rings is 1. The van der Waals surface area contributed by atoms with Crippen LogP contribution in [0.25, 0.3) is 11.3 Å². The zero-order chi connectivity index (χ0) is 20.8. The zero-order valence-corrected chi connectivity index (χ0v) is 16.9. The van der Waals surface area contributed by atoms with E-state index >= 15 is 0 Å². The van der Waals surface area contributed by atoms with Gasteiger partial charge in [0.2, 0.25) is 0 Å². The number of benzene rings is 1. The van der Waals surface area contributed by atoms with Gasteiger partial charge in [0.05, 0.1) is 6.54 Å². The Kier molecular flexibility index (Phi) is 6.29. The fourth-order valence-electron chi connectivity index (χ4n) is 3.44. The Morgan fingerprint density at radius 2 is 2.03 bits per heavy atom. The lowest BCUT2D eigenvalue weighted by Gasteiger charge is -2.16. The van der Waals surface area contributed by atoms with Crippen molar-refractivity contribution in [3.05, 3.63) is 59.8 Å². The lowest BCUT2D eigenvalue weighted by molar-refractivity contribution is 0.184. The van der Waals surface area contributed by atoms with E-state index in [-0.39, 0.29) is 0 Å². The van der Waals surface area contributed by atoms with Crippen molar-refractivity contribution in [2.45, 2.75) is 32.4 Å². The monoisotopic (exact) mass is 400 g/mol. The average molecular weight is 400 g/mol. The highest BCUT2D eigenvalue weighted by atomic mass is 16.5. The van der Waals surface area contributed by atoms with Gasteiger partial charge in [0.1, 0.15) is 17.6 Å². The largest absolute Gasteiger partial charge is 0.385 e. The van der Waals surface area contributed by atoms with Crippen LogP contribution in [0.15, 0.2) is 47.2 Å². The standard InChI is InChI=1S/C24H24N4O2/c1-18(29)24-26-14-15-28(24)17-22-16-23(30-27-22)21-8-6-19(7-9-21)4-2-3-5-20-10-12-25-13-11-20/h6-9,14-16,18,20,25,29H,10-13,17H2,1H3/t18-/m0/s1. The maximum Gasteiger partial charge on any atom is 0.167 e. The molecule has 4 rings (SSSR count). The normalized spacial score (nSPS) is 15.0. The van der Waals surface area contributed by atoms with E-state index in [1.807, 2.05) is 41.1 Å². The summed E-state index contributed by atoms with van der Waals surface area (Å²) in [6.45, 7) is 4.27. The van der Waals surface area contributed by atoms with E-state index in [4.69, 9.17) is 4.52 Å². The minimum Gasteiger partial charge on any atom is -0.385 e. The van der Waals surface area contributed by atoms with Crippen LogP contribution in [-0.2, 0) is 6.54 Å². The van der Waals surface area contributed by atoms with Crippen molar-refractivity contribution in [1.29, 1.82) is 0 Å². The highest BCUT2D eigenvalue weighted by Gasteiger charge is 2.12. The molecule has 3 heterocycles. The van der Waals surface area contributed by atoms with Crippen LogP contribution in [0.2, 0.25) is 0 Å². The van der Waals surface area contributed by atoms with Gasteiger partial charge in [-0.25, -0.2) is 4.98 Å². The third kappa shape index (κ3) is 4.99. The van der Waals surface area contributed by atoms with Crippen molar-refractivity contribution < 1.29 is 9.63 Å². The van der Waals surface area contributed by atoms with Crippen molar-refractivity contribution in [3.63, 3.8) is 0 Å². The average Bonchev–Trinajstić information content (AvgIpc) is 3.43. The Labute approximate surface area is 176 Å². The van der Waals surface area contributed by atoms with Gasteiger partial charge in [-0.1, -0.05) is 17.0 Å². The number of aliphatic hydroxyl groups excluding tert-OH is 1. The van der Waals surface area contributed by atoms with Gasteiger partial charge in [0.25, 0.3) is 0 Å². The highest BCUT2D eigenvalue weighted by Crippen LogP contribution is 2.22. The van der Waals surface area contributed by atoms with Gasteiger partial charge in [-0.2, -0.15) is 0 Å². The van der Waals surface area contributed by atoms with E-state index in [1.54, 1.807) is 13.1 Å². The lowest BCUT2D eigenvalue weighted by Crippen LogP contribution is -2.26. The van der Waals surface area contributed by atoms with Gasteiger partial charge < -0.3 is 19.5 Å². The van der Waals surface area contributed by atoms with Crippen molar-refractivity contribution in [2.75, 3.05) is 13.1 Å². The first-order chi connectivity index (χ1) is 14.7. The summed E-state index contributed by atoms with van der Waals surface area (Å²) in [4.78, 5) is 4.17. The molecule has 6 nitrogen and oxygen atoms in total. The van der Waals surface area contributed by atoms with Crippen molar-refractivity contribution in [2.24, 2.45) is 5.92 Å². The van der Waals surface area contributed by atoms with E-state index in [9.17, 15) is 5.11 Å². The van der Waals surface area contributed by atoms with Gasteiger partial charge in [-0.3, -0.25) is 0 Å². The summed E-state index contributed by atoms with van der Waals surface area (Å²) in [5.41, 5.74) is 2.61.